The smallest absolute Gasteiger partial charge is 0.341 e. The van der Waals surface area contributed by atoms with Crippen LogP contribution in [0.15, 0.2) is 6.20 Å². The molecule has 2 N–H and O–H groups in total. The molecule has 0 radical (unpaired) electrons. The van der Waals surface area contributed by atoms with Crippen molar-refractivity contribution in [1.82, 2.24) is 9.97 Å². The van der Waals surface area contributed by atoms with Gasteiger partial charge in [-0.05, 0) is 6.92 Å². The Kier molecular flexibility index (Phi) is 2.76. The lowest BCUT2D eigenvalue weighted by atomic mass is 10.3. The van der Waals surface area contributed by atoms with Gasteiger partial charge in [0.05, 0.1) is 0 Å². The molecule has 1 heterocycles. The molecule has 0 aromatic carbocycles. The first kappa shape index (κ1) is 10.1. The summed E-state index contributed by atoms with van der Waals surface area (Å²) in [5.74, 6) is -1.12. The van der Waals surface area contributed by atoms with Gasteiger partial charge in [-0.1, -0.05) is 0 Å². The third-order valence-electron chi connectivity index (χ3n) is 1.43. The maximum absolute atomic E-state index is 10.7. The van der Waals surface area contributed by atoms with Gasteiger partial charge in [-0.25, -0.2) is 14.8 Å². The van der Waals surface area contributed by atoms with Crippen LogP contribution in [0.3, 0.4) is 0 Å². The summed E-state index contributed by atoms with van der Waals surface area (Å²) in [6.07, 6.45) is 1.16. The molecular formula is C8H9N3O3. The number of aromatic carboxylic acids is 1. The molecular weight excluding hydrogens is 186 g/mol. The zero-order chi connectivity index (χ0) is 10.7. The van der Waals surface area contributed by atoms with E-state index < -0.39 is 5.97 Å². The van der Waals surface area contributed by atoms with E-state index in [1.807, 2.05) is 0 Å². The van der Waals surface area contributed by atoms with Crippen molar-refractivity contribution >= 4 is 17.7 Å². The molecule has 0 unspecified atom stereocenters. The van der Waals surface area contributed by atoms with Crippen molar-refractivity contribution < 1.29 is 14.7 Å². The van der Waals surface area contributed by atoms with E-state index >= 15 is 0 Å². The van der Waals surface area contributed by atoms with E-state index in [2.05, 4.69) is 15.3 Å². The van der Waals surface area contributed by atoms with Crippen LogP contribution in [0.4, 0.5) is 5.82 Å². The van der Waals surface area contributed by atoms with E-state index in [-0.39, 0.29) is 17.3 Å². The first-order valence-electron chi connectivity index (χ1n) is 3.85. The second-order valence-corrected chi connectivity index (χ2v) is 2.67. The number of carbonyl (C=O) groups excluding carboxylic acids is 1. The Morgan fingerprint density at radius 3 is 2.64 bits per heavy atom. The van der Waals surface area contributed by atoms with E-state index in [9.17, 15) is 9.59 Å². The highest BCUT2D eigenvalue weighted by atomic mass is 16.4. The third kappa shape index (κ3) is 2.25. The molecule has 1 aromatic heterocycles. The zero-order valence-electron chi connectivity index (χ0n) is 7.74. The van der Waals surface area contributed by atoms with Crippen molar-refractivity contribution in [2.75, 3.05) is 5.32 Å². The van der Waals surface area contributed by atoms with Crippen molar-refractivity contribution in [1.29, 1.82) is 0 Å². The van der Waals surface area contributed by atoms with E-state index in [4.69, 9.17) is 5.11 Å². The van der Waals surface area contributed by atoms with Crippen LogP contribution in [0.25, 0.3) is 0 Å². The fourth-order valence-corrected chi connectivity index (χ4v) is 0.889. The predicted molar refractivity (Wildman–Crippen MR) is 48.0 cm³/mol. The van der Waals surface area contributed by atoms with Crippen LogP contribution in [0.2, 0.25) is 0 Å². The molecule has 0 fully saturated rings. The molecule has 0 saturated heterocycles. The van der Waals surface area contributed by atoms with Gasteiger partial charge < -0.3 is 10.4 Å². The highest BCUT2D eigenvalue weighted by Gasteiger charge is 2.13. The van der Waals surface area contributed by atoms with Gasteiger partial charge in [0.15, 0.2) is 5.82 Å². The summed E-state index contributed by atoms with van der Waals surface area (Å²) in [6.45, 7) is 2.89. The molecule has 0 aliphatic heterocycles. The molecule has 6 heteroatoms. The molecule has 1 amide bonds. The van der Waals surface area contributed by atoms with Crippen molar-refractivity contribution in [2.24, 2.45) is 0 Å². The van der Waals surface area contributed by atoms with Gasteiger partial charge in [-0.15, -0.1) is 0 Å². The van der Waals surface area contributed by atoms with E-state index in [1.165, 1.54) is 6.92 Å². The molecule has 74 valence electrons. The highest BCUT2D eigenvalue weighted by molar-refractivity contribution is 5.98. The Labute approximate surface area is 80.0 Å². The number of nitrogens with one attached hydrogen (secondary N) is 1. The van der Waals surface area contributed by atoms with Crippen LogP contribution in [0.1, 0.15) is 23.1 Å². The summed E-state index contributed by atoms with van der Waals surface area (Å²) in [7, 11) is 0. The van der Waals surface area contributed by atoms with E-state index in [1.54, 1.807) is 6.92 Å². The number of hydrogen-bond acceptors (Lipinski definition) is 4. The summed E-state index contributed by atoms with van der Waals surface area (Å²) in [5, 5.41) is 11.1. The molecule has 1 aromatic rings. The lowest BCUT2D eigenvalue weighted by Crippen LogP contribution is -2.13. The normalized spacial score (nSPS) is 9.57. The molecule has 0 saturated carbocycles. The van der Waals surface area contributed by atoms with Gasteiger partial charge >= 0.3 is 5.97 Å². The monoisotopic (exact) mass is 195 g/mol. The van der Waals surface area contributed by atoms with Crippen LogP contribution in [-0.2, 0) is 4.79 Å². The number of rotatable bonds is 2. The summed E-state index contributed by atoms with van der Waals surface area (Å²) in [5.41, 5.74) is -0.120. The van der Waals surface area contributed by atoms with Crippen LogP contribution >= 0.6 is 0 Å². The van der Waals surface area contributed by atoms with Crippen LogP contribution in [-0.4, -0.2) is 27.0 Å². The van der Waals surface area contributed by atoms with Gasteiger partial charge in [-0.2, -0.15) is 0 Å². The maximum Gasteiger partial charge on any atom is 0.341 e. The summed E-state index contributed by atoms with van der Waals surface area (Å²) >= 11 is 0. The zero-order valence-corrected chi connectivity index (χ0v) is 7.74. The quantitative estimate of drug-likeness (QED) is 0.714. The minimum atomic E-state index is -1.17. The first-order valence-corrected chi connectivity index (χ1v) is 3.85. The van der Waals surface area contributed by atoms with Gasteiger partial charge in [0.2, 0.25) is 5.91 Å². The van der Waals surface area contributed by atoms with Crippen molar-refractivity contribution in [3.63, 3.8) is 0 Å². The number of anilines is 1. The Balaban J connectivity index is 3.15. The molecule has 0 aliphatic rings. The Hall–Kier alpha value is -1.98. The standard InChI is InChI=1S/C8H9N3O3/c1-4-9-3-6(8(13)14)7(10-4)11-5(2)12/h3H,1-2H3,(H,13,14)(H,9,10,11,12). The summed E-state index contributed by atoms with van der Waals surface area (Å²) in [6, 6.07) is 0. The lowest BCUT2D eigenvalue weighted by Gasteiger charge is -2.04. The van der Waals surface area contributed by atoms with Gasteiger partial charge in [0.25, 0.3) is 0 Å². The Morgan fingerprint density at radius 2 is 2.14 bits per heavy atom. The largest absolute Gasteiger partial charge is 0.477 e. The fraction of sp³-hybridized carbons (Fsp3) is 0.250. The number of carbonyl (C=O) groups is 2. The lowest BCUT2D eigenvalue weighted by molar-refractivity contribution is -0.114. The molecule has 0 atom stereocenters. The topological polar surface area (TPSA) is 92.2 Å². The number of carboxylic acids is 1. The van der Waals surface area contributed by atoms with Crippen molar-refractivity contribution in [3.8, 4) is 0 Å². The minimum Gasteiger partial charge on any atom is -0.477 e. The predicted octanol–water partition coefficient (Wildman–Crippen LogP) is 0.442. The van der Waals surface area contributed by atoms with Crippen LogP contribution in [0.5, 0.6) is 0 Å². The number of nitrogens with zero attached hydrogens (tertiary/aromatic N) is 2. The highest BCUT2D eigenvalue weighted by Crippen LogP contribution is 2.10. The summed E-state index contributed by atoms with van der Waals surface area (Å²) < 4.78 is 0. The first-order chi connectivity index (χ1) is 6.50. The van der Waals surface area contributed by atoms with Crippen LogP contribution in [0, 0.1) is 6.92 Å². The number of carboxylic acid groups (broad SMARTS) is 1. The van der Waals surface area contributed by atoms with Gasteiger partial charge in [0.1, 0.15) is 11.4 Å². The third-order valence-corrected chi connectivity index (χ3v) is 1.43. The SMILES string of the molecule is CC(=O)Nc1nc(C)ncc1C(=O)O. The van der Waals surface area contributed by atoms with Gasteiger partial charge in [-0.3, -0.25) is 4.79 Å². The Bertz CT molecular complexity index is 389. The number of aromatic nitrogens is 2. The Morgan fingerprint density at radius 1 is 1.50 bits per heavy atom. The maximum atomic E-state index is 10.7. The van der Waals surface area contributed by atoms with Crippen LogP contribution < -0.4 is 5.32 Å². The number of hydrogen-bond donors (Lipinski definition) is 2. The molecule has 0 bridgehead atoms. The average molecular weight is 195 g/mol. The van der Waals surface area contributed by atoms with Crippen molar-refractivity contribution in [3.05, 3.63) is 17.6 Å². The van der Waals surface area contributed by atoms with E-state index in [0.29, 0.717) is 5.82 Å². The second kappa shape index (κ2) is 3.82. The number of aryl methyl sites for hydroxylation is 1. The minimum absolute atomic E-state index is 0.0255. The number of amides is 1. The van der Waals surface area contributed by atoms with Crippen molar-refractivity contribution in [2.45, 2.75) is 13.8 Å². The molecule has 0 spiro atoms. The molecule has 6 nitrogen and oxygen atoms in total. The summed E-state index contributed by atoms with van der Waals surface area (Å²) in [4.78, 5) is 29.0. The second-order valence-electron chi connectivity index (χ2n) is 2.67. The molecule has 1 rings (SSSR count). The molecule has 0 aliphatic carbocycles. The van der Waals surface area contributed by atoms with E-state index in [0.717, 1.165) is 6.20 Å². The van der Waals surface area contributed by atoms with Gasteiger partial charge in [0, 0.05) is 13.1 Å². The molecule has 14 heavy (non-hydrogen) atoms. The average Bonchev–Trinajstić information content (AvgIpc) is 2.01. The fourth-order valence-electron chi connectivity index (χ4n) is 0.889.